The standard InChI is InChI=1S/C12H14ClNO3S/c1-8-5-6-14(9(2)15)12-7-10(18(13,16)17)3-4-11(8)12/h3-4,7-8H,5-6H2,1-2H3. The van der Waals surface area contributed by atoms with Crippen molar-refractivity contribution >= 4 is 31.3 Å². The van der Waals surface area contributed by atoms with Crippen LogP contribution in [0.5, 0.6) is 0 Å². The second kappa shape index (κ2) is 4.55. The van der Waals surface area contributed by atoms with Crippen LogP contribution in [0.2, 0.25) is 0 Å². The van der Waals surface area contributed by atoms with Crippen LogP contribution in [-0.2, 0) is 13.8 Å². The summed E-state index contributed by atoms with van der Waals surface area (Å²) in [6.45, 7) is 4.14. The van der Waals surface area contributed by atoms with Crippen LogP contribution in [0.25, 0.3) is 0 Å². The highest BCUT2D eigenvalue weighted by molar-refractivity contribution is 8.13. The summed E-state index contributed by atoms with van der Waals surface area (Å²) < 4.78 is 22.7. The molecule has 0 bridgehead atoms. The van der Waals surface area contributed by atoms with E-state index in [9.17, 15) is 13.2 Å². The van der Waals surface area contributed by atoms with Crippen LogP contribution in [-0.4, -0.2) is 20.9 Å². The van der Waals surface area contributed by atoms with Crippen LogP contribution in [0.4, 0.5) is 5.69 Å². The molecule has 1 unspecified atom stereocenters. The molecular weight excluding hydrogens is 274 g/mol. The number of carbonyl (C=O) groups excluding carboxylic acids is 1. The predicted octanol–water partition coefficient (Wildman–Crippen LogP) is 2.47. The SMILES string of the molecule is CC(=O)N1CCC(C)c2ccc(S(=O)(=O)Cl)cc21. The predicted molar refractivity (Wildman–Crippen MR) is 70.5 cm³/mol. The van der Waals surface area contributed by atoms with Gasteiger partial charge in [-0.2, -0.15) is 0 Å². The Morgan fingerprint density at radius 1 is 1.44 bits per heavy atom. The van der Waals surface area contributed by atoms with Gasteiger partial charge in [-0.05, 0) is 30.0 Å². The molecule has 1 aromatic rings. The van der Waals surface area contributed by atoms with Gasteiger partial charge >= 0.3 is 0 Å². The zero-order valence-corrected chi connectivity index (χ0v) is 11.8. The molecule has 4 nitrogen and oxygen atoms in total. The van der Waals surface area contributed by atoms with Crippen molar-refractivity contribution in [3.05, 3.63) is 23.8 Å². The Bertz CT molecular complexity index is 597. The van der Waals surface area contributed by atoms with Gasteiger partial charge in [0.25, 0.3) is 9.05 Å². The fraction of sp³-hybridized carbons (Fsp3) is 0.417. The average molecular weight is 288 g/mol. The van der Waals surface area contributed by atoms with Crippen LogP contribution in [0.3, 0.4) is 0 Å². The molecule has 0 fully saturated rings. The number of hydrogen-bond acceptors (Lipinski definition) is 3. The first-order chi connectivity index (χ1) is 8.30. The molecule has 1 heterocycles. The first-order valence-corrected chi connectivity index (χ1v) is 7.98. The number of fused-ring (bicyclic) bond motifs is 1. The molecule has 2 rings (SSSR count). The Hall–Kier alpha value is -1.07. The fourth-order valence-electron chi connectivity index (χ4n) is 2.25. The second-order valence-corrected chi connectivity index (χ2v) is 7.08. The molecule has 0 radical (unpaired) electrons. The molecule has 0 spiro atoms. The lowest BCUT2D eigenvalue weighted by atomic mass is 9.91. The van der Waals surface area contributed by atoms with Gasteiger partial charge in [0.15, 0.2) is 0 Å². The number of hydrogen-bond donors (Lipinski definition) is 0. The van der Waals surface area contributed by atoms with Crippen molar-refractivity contribution in [3.63, 3.8) is 0 Å². The molecule has 18 heavy (non-hydrogen) atoms. The summed E-state index contributed by atoms with van der Waals surface area (Å²) in [7, 11) is 1.56. The number of benzene rings is 1. The van der Waals surface area contributed by atoms with Crippen molar-refractivity contribution < 1.29 is 13.2 Å². The minimum absolute atomic E-state index is 0.0308. The number of nitrogens with zero attached hydrogens (tertiary/aromatic N) is 1. The third kappa shape index (κ3) is 2.37. The van der Waals surface area contributed by atoms with Gasteiger partial charge in [-0.15, -0.1) is 0 Å². The maximum absolute atomic E-state index is 11.6. The molecule has 1 amide bonds. The molecule has 0 aromatic heterocycles. The van der Waals surface area contributed by atoms with Gasteiger partial charge < -0.3 is 4.90 Å². The third-order valence-corrected chi connectivity index (χ3v) is 4.62. The van der Waals surface area contributed by atoms with E-state index >= 15 is 0 Å². The van der Waals surface area contributed by atoms with Gasteiger partial charge in [0.05, 0.1) is 4.90 Å². The maximum Gasteiger partial charge on any atom is 0.261 e. The lowest BCUT2D eigenvalue weighted by molar-refractivity contribution is -0.116. The molecule has 0 aliphatic carbocycles. The van der Waals surface area contributed by atoms with Gasteiger partial charge in [0, 0.05) is 29.8 Å². The summed E-state index contributed by atoms with van der Waals surface area (Å²) >= 11 is 0. The summed E-state index contributed by atoms with van der Waals surface area (Å²) in [5, 5.41) is 0. The first-order valence-electron chi connectivity index (χ1n) is 5.67. The Labute approximate surface area is 111 Å². The van der Waals surface area contributed by atoms with E-state index in [0.717, 1.165) is 12.0 Å². The quantitative estimate of drug-likeness (QED) is 0.746. The van der Waals surface area contributed by atoms with Crippen LogP contribution in [0, 0.1) is 0 Å². The van der Waals surface area contributed by atoms with E-state index in [1.165, 1.54) is 19.1 Å². The second-order valence-electron chi connectivity index (χ2n) is 4.52. The van der Waals surface area contributed by atoms with E-state index in [0.29, 0.717) is 18.2 Å². The molecule has 1 aromatic carbocycles. The van der Waals surface area contributed by atoms with E-state index in [4.69, 9.17) is 10.7 Å². The van der Waals surface area contributed by atoms with E-state index in [-0.39, 0.29) is 10.8 Å². The normalized spacial score (nSPS) is 19.5. The van der Waals surface area contributed by atoms with Gasteiger partial charge in [-0.25, -0.2) is 8.42 Å². The van der Waals surface area contributed by atoms with Gasteiger partial charge in [-0.3, -0.25) is 4.79 Å². The molecule has 1 atom stereocenters. The lowest BCUT2D eigenvalue weighted by Gasteiger charge is -2.32. The zero-order valence-electron chi connectivity index (χ0n) is 10.2. The van der Waals surface area contributed by atoms with Crippen molar-refractivity contribution in [3.8, 4) is 0 Å². The monoisotopic (exact) mass is 287 g/mol. The molecule has 6 heteroatoms. The molecular formula is C12H14ClNO3S. The van der Waals surface area contributed by atoms with Gasteiger partial charge in [0.2, 0.25) is 5.91 Å². The number of amides is 1. The molecule has 1 aliphatic rings. The van der Waals surface area contributed by atoms with E-state index in [1.54, 1.807) is 11.0 Å². The van der Waals surface area contributed by atoms with E-state index in [2.05, 4.69) is 6.92 Å². The van der Waals surface area contributed by atoms with Crippen LogP contribution in [0.1, 0.15) is 31.7 Å². The number of rotatable bonds is 1. The van der Waals surface area contributed by atoms with Crippen molar-refractivity contribution in [2.75, 3.05) is 11.4 Å². The summed E-state index contributed by atoms with van der Waals surface area (Å²) in [4.78, 5) is 13.2. The minimum Gasteiger partial charge on any atom is -0.312 e. The van der Waals surface area contributed by atoms with Crippen molar-refractivity contribution in [2.24, 2.45) is 0 Å². The highest BCUT2D eigenvalue weighted by atomic mass is 35.7. The smallest absolute Gasteiger partial charge is 0.261 e. The Balaban J connectivity index is 2.60. The highest BCUT2D eigenvalue weighted by Crippen LogP contribution is 2.37. The molecule has 1 aliphatic heterocycles. The molecule has 0 N–H and O–H groups in total. The summed E-state index contributed by atoms with van der Waals surface area (Å²) in [5.41, 5.74) is 1.64. The Morgan fingerprint density at radius 2 is 2.11 bits per heavy atom. The first kappa shape index (κ1) is 13.4. The van der Waals surface area contributed by atoms with Crippen LogP contribution in [0.15, 0.2) is 23.1 Å². The van der Waals surface area contributed by atoms with Crippen molar-refractivity contribution in [1.82, 2.24) is 0 Å². The summed E-state index contributed by atoms with van der Waals surface area (Å²) in [6.07, 6.45) is 0.875. The largest absolute Gasteiger partial charge is 0.312 e. The van der Waals surface area contributed by atoms with Crippen molar-refractivity contribution in [2.45, 2.75) is 31.1 Å². The number of carbonyl (C=O) groups is 1. The topological polar surface area (TPSA) is 54.5 Å². The Kier molecular flexibility index (Phi) is 3.38. The zero-order chi connectivity index (χ0) is 13.5. The van der Waals surface area contributed by atoms with Crippen molar-refractivity contribution in [1.29, 1.82) is 0 Å². The maximum atomic E-state index is 11.6. The molecule has 0 saturated heterocycles. The number of halogens is 1. The fourth-order valence-corrected chi connectivity index (χ4v) is 3.02. The number of anilines is 1. The highest BCUT2D eigenvalue weighted by Gasteiger charge is 2.26. The van der Waals surface area contributed by atoms with Gasteiger partial charge in [0.1, 0.15) is 0 Å². The van der Waals surface area contributed by atoms with Gasteiger partial charge in [-0.1, -0.05) is 13.0 Å². The Morgan fingerprint density at radius 3 is 2.67 bits per heavy atom. The van der Waals surface area contributed by atoms with Crippen LogP contribution >= 0.6 is 10.7 Å². The summed E-state index contributed by atoms with van der Waals surface area (Å²) in [5.74, 6) is 0.218. The minimum atomic E-state index is -3.77. The van der Waals surface area contributed by atoms with E-state index in [1.807, 2.05) is 0 Å². The van der Waals surface area contributed by atoms with E-state index < -0.39 is 9.05 Å². The molecule has 0 saturated carbocycles. The average Bonchev–Trinajstić information content (AvgIpc) is 2.27. The lowest BCUT2D eigenvalue weighted by Crippen LogP contribution is -2.34. The third-order valence-electron chi connectivity index (χ3n) is 3.27. The molecule has 98 valence electrons. The summed E-state index contributed by atoms with van der Waals surface area (Å²) in [6, 6.07) is 4.71. The van der Waals surface area contributed by atoms with Crippen LogP contribution < -0.4 is 4.90 Å².